The second-order valence-electron chi connectivity index (χ2n) is 5.45. The van der Waals surface area contributed by atoms with E-state index in [1.807, 2.05) is 32.2 Å². The average Bonchev–Trinajstić information content (AvgIpc) is 2.40. The largest absolute Gasteiger partial charge is 0.328 e. The Morgan fingerprint density at radius 1 is 1.40 bits per heavy atom. The van der Waals surface area contributed by atoms with E-state index in [0.29, 0.717) is 5.02 Å². The summed E-state index contributed by atoms with van der Waals surface area (Å²) in [6, 6.07) is 5.88. The SMILES string of the molecule is Cc1ccc(N(C)C(=O)C2CCCC(N)C2)cc1Cl.Cl. The summed E-state index contributed by atoms with van der Waals surface area (Å²) in [4.78, 5) is 14.2. The summed E-state index contributed by atoms with van der Waals surface area (Å²) in [5.41, 5.74) is 7.82. The minimum Gasteiger partial charge on any atom is -0.328 e. The van der Waals surface area contributed by atoms with Gasteiger partial charge in [0.25, 0.3) is 0 Å². The summed E-state index contributed by atoms with van der Waals surface area (Å²) in [5, 5.41) is 0.692. The van der Waals surface area contributed by atoms with Crippen molar-refractivity contribution in [2.24, 2.45) is 11.7 Å². The van der Waals surface area contributed by atoms with Crippen LogP contribution in [0.4, 0.5) is 5.69 Å². The standard InChI is InChI=1S/C15H21ClN2O.ClH/c1-10-6-7-13(9-14(10)16)18(2)15(19)11-4-3-5-12(17)8-11;/h6-7,9,11-12H,3-5,8,17H2,1-2H3;1H. The van der Waals surface area contributed by atoms with E-state index in [0.717, 1.165) is 36.9 Å². The molecule has 0 heterocycles. The Bertz CT molecular complexity index is 479. The van der Waals surface area contributed by atoms with Gasteiger partial charge in [0, 0.05) is 29.7 Å². The number of nitrogens with two attached hydrogens (primary N) is 1. The molecule has 0 radical (unpaired) electrons. The Balaban J connectivity index is 0.00000200. The van der Waals surface area contributed by atoms with Crippen LogP contribution in [0.1, 0.15) is 31.2 Å². The summed E-state index contributed by atoms with van der Waals surface area (Å²) in [6.07, 6.45) is 3.81. The summed E-state index contributed by atoms with van der Waals surface area (Å²) >= 11 is 6.11. The molecule has 1 amide bonds. The van der Waals surface area contributed by atoms with Crippen LogP contribution in [0.3, 0.4) is 0 Å². The summed E-state index contributed by atoms with van der Waals surface area (Å²) < 4.78 is 0. The highest BCUT2D eigenvalue weighted by molar-refractivity contribution is 6.31. The molecule has 0 saturated heterocycles. The lowest BCUT2D eigenvalue weighted by Crippen LogP contribution is -2.38. The molecule has 112 valence electrons. The Kier molecular flexibility index (Phi) is 6.31. The first kappa shape index (κ1) is 17.3. The minimum absolute atomic E-state index is 0. The van der Waals surface area contributed by atoms with Crippen LogP contribution >= 0.6 is 24.0 Å². The number of anilines is 1. The van der Waals surface area contributed by atoms with Gasteiger partial charge in [0.05, 0.1) is 0 Å². The molecule has 2 rings (SSSR count). The van der Waals surface area contributed by atoms with Gasteiger partial charge >= 0.3 is 0 Å². The first-order valence-corrected chi connectivity index (χ1v) is 7.16. The number of carbonyl (C=O) groups excluding carboxylic acids is 1. The third-order valence-electron chi connectivity index (χ3n) is 3.94. The zero-order valence-corrected chi connectivity index (χ0v) is 13.5. The van der Waals surface area contributed by atoms with Gasteiger partial charge in [0.15, 0.2) is 0 Å². The first-order chi connectivity index (χ1) is 8.99. The van der Waals surface area contributed by atoms with Gasteiger partial charge in [0.1, 0.15) is 0 Å². The van der Waals surface area contributed by atoms with Crippen LogP contribution in [0.25, 0.3) is 0 Å². The molecule has 1 aliphatic carbocycles. The molecule has 0 spiro atoms. The highest BCUT2D eigenvalue weighted by Gasteiger charge is 2.28. The first-order valence-electron chi connectivity index (χ1n) is 6.78. The molecule has 1 aliphatic rings. The van der Waals surface area contributed by atoms with Crippen LogP contribution in [0.15, 0.2) is 18.2 Å². The van der Waals surface area contributed by atoms with E-state index in [-0.39, 0.29) is 30.3 Å². The second kappa shape index (κ2) is 7.30. The molecule has 2 unspecified atom stereocenters. The zero-order valence-electron chi connectivity index (χ0n) is 11.9. The molecule has 1 aromatic rings. The maximum absolute atomic E-state index is 12.5. The van der Waals surface area contributed by atoms with Crippen LogP contribution in [0.5, 0.6) is 0 Å². The van der Waals surface area contributed by atoms with Crippen molar-refractivity contribution in [3.8, 4) is 0 Å². The van der Waals surface area contributed by atoms with Gasteiger partial charge < -0.3 is 10.6 Å². The van der Waals surface area contributed by atoms with Gasteiger partial charge in [-0.15, -0.1) is 12.4 Å². The number of aryl methyl sites for hydroxylation is 1. The van der Waals surface area contributed by atoms with Crippen molar-refractivity contribution in [2.75, 3.05) is 11.9 Å². The predicted octanol–water partition coefficient (Wildman–Crippen LogP) is 3.55. The molecule has 2 N–H and O–H groups in total. The molecule has 1 aromatic carbocycles. The molecule has 1 fully saturated rings. The Morgan fingerprint density at radius 3 is 2.70 bits per heavy atom. The molecule has 0 bridgehead atoms. The van der Waals surface area contributed by atoms with Crippen molar-refractivity contribution in [2.45, 2.75) is 38.6 Å². The average molecular weight is 317 g/mol. The Morgan fingerprint density at radius 2 is 2.10 bits per heavy atom. The van der Waals surface area contributed by atoms with Crippen molar-refractivity contribution >= 4 is 35.6 Å². The number of benzene rings is 1. The van der Waals surface area contributed by atoms with E-state index in [1.54, 1.807) is 4.90 Å². The maximum atomic E-state index is 12.5. The molecular weight excluding hydrogens is 295 g/mol. The van der Waals surface area contributed by atoms with E-state index in [4.69, 9.17) is 17.3 Å². The van der Waals surface area contributed by atoms with E-state index in [2.05, 4.69) is 0 Å². The van der Waals surface area contributed by atoms with Gasteiger partial charge in [-0.25, -0.2) is 0 Å². The van der Waals surface area contributed by atoms with Crippen LogP contribution in [-0.4, -0.2) is 19.0 Å². The topological polar surface area (TPSA) is 46.3 Å². The number of hydrogen-bond acceptors (Lipinski definition) is 2. The number of rotatable bonds is 2. The summed E-state index contributed by atoms with van der Waals surface area (Å²) in [5.74, 6) is 0.198. The molecule has 3 nitrogen and oxygen atoms in total. The van der Waals surface area contributed by atoms with Crippen LogP contribution < -0.4 is 10.6 Å². The lowest BCUT2D eigenvalue weighted by molar-refractivity contribution is -0.123. The minimum atomic E-state index is 0. The Hall–Kier alpha value is -0.770. The lowest BCUT2D eigenvalue weighted by atomic mass is 9.85. The van der Waals surface area contributed by atoms with Crippen LogP contribution in [-0.2, 0) is 4.79 Å². The van der Waals surface area contributed by atoms with Gasteiger partial charge in [-0.3, -0.25) is 4.79 Å². The number of hydrogen-bond donors (Lipinski definition) is 1. The van der Waals surface area contributed by atoms with Gasteiger partial charge in [0.2, 0.25) is 5.91 Å². The highest BCUT2D eigenvalue weighted by atomic mass is 35.5. The number of amides is 1. The molecule has 20 heavy (non-hydrogen) atoms. The normalized spacial score (nSPS) is 22.0. The summed E-state index contributed by atoms with van der Waals surface area (Å²) in [7, 11) is 1.81. The fourth-order valence-electron chi connectivity index (χ4n) is 2.64. The van der Waals surface area contributed by atoms with Gasteiger partial charge in [-0.1, -0.05) is 24.1 Å². The number of halogens is 2. The monoisotopic (exact) mass is 316 g/mol. The summed E-state index contributed by atoms with van der Waals surface area (Å²) in [6.45, 7) is 1.95. The van der Waals surface area contributed by atoms with Gasteiger partial charge in [-0.05, 0) is 43.9 Å². The highest BCUT2D eigenvalue weighted by Crippen LogP contribution is 2.28. The van der Waals surface area contributed by atoms with E-state index >= 15 is 0 Å². The van der Waals surface area contributed by atoms with Crippen molar-refractivity contribution in [3.63, 3.8) is 0 Å². The quantitative estimate of drug-likeness (QED) is 0.907. The number of carbonyl (C=O) groups is 1. The number of nitrogens with zero attached hydrogens (tertiary/aromatic N) is 1. The molecule has 5 heteroatoms. The van der Waals surface area contributed by atoms with E-state index < -0.39 is 0 Å². The van der Waals surface area contributed by atoms with Crippen molar-refractivity contribution in [1.29, 1.82) is 0 Å². The molecule has 2 atom stereocenters. The third-order valence-corrected chi connectivity index (χ3v) is 4.34. The molecular formula is C15H22Cl2N2O. The van der Waals surface area contributed by atoms with Crippen molar-refractivity contribution < 1.29 is 4.79 Å². The third kappa shape index (κ3) is 3.87. The maximum Gasteiger partial charge on any atom is 0.229 e. The molecule has 0 aliphatic heterocycles. The van der Waals surface area contributed by atoms with Crippen LogP contribution in [0, 0.1) is 12.8 Å². The molecule has 1 saturated carbocycles. The van der Waals surface area contributed by atoms with Crippen molar-refractivity contribution in [3.05, 3.63) is 28.8 Å². The van der Waals surface area contributed by atoms with E-state index in [9.17, 15) is 4.79 Å². The fraction of sp³-hybridized carbons (Fsp3) is 0.533. The smallest absolute Gasteiger partial charge is 0.229 e. The van der Waals surface area contributed by atoms with Crippen molar-refractivity contribution in [1.82, 2.24) is 0 Å². The second-order valence-corrected chi connectivity index (χ2v) is 5.86. The lowest BCUT2D eigenvalue weighted by Gasteiger charge is -2.29. The fourth-order valence-corrected chi connectivity index (χ4v) is 2.82. The Labute approximate surface area is 131 Å². The predicted molar refractivity (Wildman–Crippen MR) is 86.8 cm³/mol. The van der Waals surface area contributed by atoms with Gasteiger partial charge in [-0.2, -0.15) is 0 Å². The zero-order chi connectivity index (χ0) is 14.0. The molecule has 0 aromatic heterocycles. The van der Waals surface area contributed by atoms with Crippen LogP contribution in [0.2, 0.25) is 5.02 Å². The van der Waals surface area contributed by atoms with E-state index in [1.165, 1.54) is 0 Å².